The van der Waals surface area contributed by atoms with Gasteiger partial charge < -0.3 is 20.1 Å². The first-order chi connectivity index (χ1) is 12.9. The van der Waals surface area contributed by atoms with E-state index in [1.54, 1.807) is 0 Å². The average molecular weight is 368 g/mol. The predicted molar refractivity (Wildman–Crippen MR) is 111 cm³/mol. The zero-order chi connectivity index (χ0) is 19.6. The summed E-state index contributed by atoms with van der Waals surface area (Å²) in [7, 11) is 0. The summed E-state index contributed by atoms with van der Waals surface area (Å²) in [6.07, 6.45) is 0. The highest BCUT2D eigenvalue weighted by Gasteiger charge is 2.04. The van der Waals surface area contributed by atoms with Crippen LogP contribution in [0.15, 0.2) is 60.7 Å². The molecule has 2 aromatic carbocycles. The largest absolute Gasteiger partial charge is 0.493 e. The number of nitrogens with one attached hydrogen (secondary N) is 2. The van der Waals surface area contributed by atoms with Gasteiger partial charge >= 0.3 is 0 Å². The monoisotopic (exact) mass is 368 g/mol. The van der Waals surface area contributed by atoms with Gasteiger partial charge in [0.05, 0.1) is 13.2 Å². The maximum absolute atomic E-state index is 12.1. The molecule has 2 N–H and O–H groups in total. The van der Waals surface area contributed by atoms with E-state index in [1.807, 2.05) is 55.5 Å². The highest BCUT2D eigenvalue weighted by atomic mass is 16.5. The number of hydrogen-bond donors (Lipinski definition) is 2. The first kappa shape index (κ1) is 20.4. The molecule has 144 valence electrons. The fourth-order valence-electron chi connectivity index (χ4n) is 2.19. The maximum Gasteiger partial charge on any atom is 0.243 e. The summed E-state index contributed by atoms with van der Waals surface area (Å²) in [6.45, 7) is 11.2. The Morgan fingerprint density at radius 3 is 2.44 bits per heavy atom. The molecular formula is C22H28N2O3. The molecule has 1 amide bonds. The van der Waals surface area contributed by atoms with Crippen molar-refractivity contribution in [2.75, 3.05) is 30.4 Å². The standard InChI is InChI=1S/C22H28N2O3/c1-16(2)14-26-20-10-8-18(9-11-20)24-22(25)13-23-19-6-5-7-21(12-19)27-15-17(3)4/h5-12,16,23H,3,13-15H2,1-2,4H3,(H,24,25). The van der Waals surface area contributed by atoms with Crippen molar-refractivity contribution in [3.05, 3.63) is 60.7 Å². The summed E-state index contributed by atoms with van der Waals surface area (Å²) in [4.78, 5) is 12.1. The van der Waals surface area contributed by atoms with Crippen LogP contribution in [0.25, 0.3) is 0 Å². The highest BCUT2D eigenvalue weighted by Crippen LogP contribution is 2.18. The summed E-state index contributed by atoms with van der Waals surface area (Å²) < 4.78 is 11.2. The quantitative estimate of drug-likeness (QED) is 0.596. The summed E-state index contributed by atoms with van der Waals surface area (Å²) in [5.74, 6) is 1.88. The number of carbonyl (C=O) groups is 1. The van der Waals surface area contributed by atoms with Crippen LogP contribution in [-0.4, -0.2) is 25.7 Å². The van der Waals surface area contributed by atoms with Gasteiger partial charge in [-0.25, -0.2) is 0 Å². The summed E-state index contributed by atoms with van der Waals surface area (Å²) in [6, 6.07) is 14.9. The lowest BCUT2D eigenvalue weighted by atomic mass is 10.2. The first-order valence-corrected chi connectivity index (χ1v) is 9.06. The van der Waals surface area contributed by atoms with Crippen LogP contribution in [0.2, 0.25) is 0 Å². The molecule has 0 heterocycles. The number of ether oxygens (including phenoxy) is 2. The molecule has 0 radical (unpaired) electrons. The smallest absolute Gasteiger partial charge is 0.243 e. The summed E-state index contributed by atoms with van der Waals surface area (Å²) in [5, 5.41) is 5.96. The van der Waals surface area contributed by atoms with E-state index in [2.05, 4.69) is 31.1 Å². The zero-order valence-electron chi connectivity index (χ0n) is 16.2. The third-order valence-electron chi connectivity index (χ3n) is 3.49. The van der Waals surface area contributed by atoms with Crippen molar-refractivity contribution in [2.24, 2.45) is 5.92 Å². The second-order valence-electron chi connectivity index (χ2n) is 6.90. The number of hydrogen-bond acceptors (Lipinski definition) is 4. The molecule has 5 heteroatoms. The van der Waals surface area contributed by atoms with Crippen molar-refractivity contribution < 1.29 is 14.3 Å². The second-order valence-corrected chi connectivity index (χ2v) is 6.90. The molecule has 0 unspecified atom stereocenters. The highest BCUT2D eigenvalue weighted by molar-refractivity contribution is 5.93. The van der Waals surface area contributed by atoms with Gasteiger partial charge in [0.25, 0.3) is 0 Å². The van der Waals surface area contributed by atoms with Crippen LogP contribution in [0, 0.1) is 5.92 Å². The van der Waals surface area contributed by atoms with Crippen molar-refractivity contribution in [2.45, 2.75) is 20.8 Å². The van der Waals surface area contributed by atoms with Gasteiger partial charge in [-0.3, -0.25) is 4.79 Å². The Kier molecular flexibility index (Phi) is 7.74. The Labute approximate surface area is 161 Å². The summed E-state index contributed by atoms with van der Waals surface area (Å²) >= 11 is 0. The van der Waals surface area contributed by atoms with Crippen LogP contribution in [-0.2, 0) is 4.79 Å². The molecule has 0 aliphatic heterocycles. The van der Waals surface area contributed by atoms with E-state index in [0.717, 1.165) is 28.4 Å². The SMILES string of the molecule is C=C(C)COc1cccc(NCC(=O)Nc2ccc(OCC(C)C)cc2)c1. The van der Waals surface area contributed by atoms with E-state index in [0.29, 0.717) is 19.1 Å². The Morgan fingerprint density at radius 1 is 1.04 bits per heavy atom. The van der Waals surface area contributed by atoms with Crippen LogP contribution in [0.5, 0.6) is 11.5 Å². The Morgan fingerprint density at radius 2 is 1.78 bits per heavy atom. The van der Waals surface area contributed by atoms with Crippen LogP contribution in [0.3, 0.4) is 0 Å². The van der Waals surface area contributed by atoms with E-state index in [9.17, 15) is 4.79 Å². The van der Waals surface area contributed by atoms with Gasteiger partial charge in [-0.15, -0.1) is 0 Å². The van der Waals surface area contributed by atoms with Crippen LogP contribution < -0.4 is 20.1 Å². The molecule has 2 rings (SSSR count). The molecule has 27 heavy (non-hydrogen) atoms. The van der Waals surface area contributed by atoms with Gasteiger partial charge in [0.2, 0.25) is 5.91 Å². The van der Waals surface area contributed by atoms with Crippen molar-refractivity contribution in [1.82, 2.24) is 0 Å². The predicted octanol–water partition coefficient (Wildman–Crippen LogP) is 4.73. The van der Waals surface area contributed by atoms with Crippen molar-refractivity contribution in [3.63, 3.8) is 0 Å². The lowest BCUT2D eigenvalue weighted by molar-refractivity contribution is -0.114. The zero-order valence-corrected chi connectivity index (χ0v) is 16.2. The van der Waals surface area contributed by atoms with Crippen molar-refractivity contribution in [1.29, 1.82) is 0 Å². The van der Waals surface area contributed by atoms with Gasteiger partial charge in [0.1, 0.15) is 18.1 Å². The minimum atomic E-state index is -0.126. The maximum atomic E-state index is 12.1. The molecule has 0 saturated carbocycles. The molecule has 0 fully saturated rings. The van der Waals surface area contributed by atoms with Gasteiger partial charge in [-0.1, -0.05) is 26.5 Å². The fourth-order valence-corrected chi connectivity index (χ4v) is 2.19. The fraction of sp³-hybridized carbons (Fsp3) is 0.318. The molecule has 0 aromatic heterocycles. The van der Waals surface area contributed by atoms with E-state index in [1.165, 1.54) is 0 Å². The number of anilines is 2. The molecule has 5 nitrogen and oxygen atoms in total. The van der Waals surface area contributed by atoms with Crippen LogP contribution in [0.1, 0.15) is 20.8 Å². The molecule has 0 aliphatic rings. The number of carbonyl (C=O) groups excluding carboxylic acids is 1. The summed E-state index contributed by atoms with van der Waals surface area (Å²) in [5.41, 5.74) is 2.51. The number of benzene rings is 2. The van der Waals surface area contributed by atoms with Crippen LogP contribution in [0.4, 0.5) is 11.4 Å². The Bertz CT molecular complexity index is 754. The Balaban J connectivity index is 1.80. The number of amides is 1. The molecule has 0 bridgehead atoms. The third kappa shape index (κ3) is 7.86. The molecule has 0 spiro atoms. The molecule has 0 atom stereocenters. The third-order valence-corrected chi connectivity index (χ3v) is 3.49. The molecule has 0 saturated heterocycles. The molecular weight excluding hydrogens is 340 g/mol. The lowest BCUT2D eigenvalue weighted by Gasteiger charge is -2.11. The minimum absolute atomic E-state index is 0.126. The van der Waals surface area contributed by atoms with Gasteiger partial charge in [-0.05, 0) is 54.8 Å². The minimum Gasteiger partial charge on any atom is -0.493 e. The normalized spacial score (nSPS) is 10.4. The topological polar surface area (TPSA) is 59.6 Å². The van der Waals surface area contributed by atoms with E-state index < -0.39 is 0 Å². The Hall–Kier alpha value is -2.95. The first-order valence-electron chi connectivity index (χ1n) is 9.06. The van der Waals surface area contributed by atoms with E-state index in [-0.39, 0.29) is 12.5 Å². The lowest BCUT2D eigenvalue weighted by Crippen LogP contribution is -2.21. The van der Waals surface area contributed by atoms with Crippen LogP contribution >= 0.6 is 0 Å². The van der Waals surface area contributed by atoms with E-state index in [4.69, 9.17) is 9.47 Å². The van der Waals surface area contributed by atoms with Gasteiger partial charge in [0, 0.05) is 17.4 Å². The molecule has 0 aliphatic carbocycles. The van der Waals surface area contributed by atoms with Crippen molar-refractivity contribution in [3.8, 4) is 11.5 Å². The van der Waals surface area contributed by atoms with E-state index >= 15 is 0 Å². The van der Waals surface area contributed by atoms with Gasteiger partial charge in [0.15, 0.2) is 0 Å². The second kappa shape index (κ2) is 10.3. The number of rotatable bonds is 10. The van der Waals surface area contributed by atoms with Gasteiger partial charge in [-0.2, -0.15) is 0 Å². The average Bonchev–Trinajstić information content (AvgIpc) is 2.64. The molecule has 2 aromatic rings. The van der Waals surface area contributed by atoms with Crippen molar-refractivity contribution >= 4 is 17.3 Å².